The van der Waals surface area contributed by atoms with E-state index in [9.17, 15) is 8.78 Å². The molecule has 0 aromatic carbocycles. The van der Waals surface area contributed by atoms with Crippen LogP contribution in [0.25, 0.3) is 0 Å². The minimum Gasteiger partial charge on any atom is -0.285 e. The van der Waals surface area contributed by atoms with Crippen molar-refractivity contribution in [2.24, 2.45) is 16.8 Å². The Morgan fingerprint density at radius 3 is 2.24 bits per heavy atom. The smallest absolute Gasteiger partial charge is 0.248 e. The number of rotatable bonds is 5. The third kappa shape index (κ3) is 7.01. The zero-order chi connectivity index (χ0) is 16.0. The number of nitrogens with zero attached hydrogens (tertiary/aromatic N) is 1. The van der Waals surface area contributed by atoms with Gasteiger partial charge in [0.15, 0.2) is 0 Å². The van der Waals surface area contributed by atoms with E-state index in [4.69, 9.17) is 4.99 Å². The van der Waals surface area contributed by atoms with Gasteiger partial charge in [-0.2, -0.15) is 0 Å². The Balaban J connectivity index is 2.80. The molecule has 1 aliphatic rings. The Hall–Kier alpha value is -0.990. The normalized spacial score (nSPS) is 20.8. The van der Waals surface area contributed by atoms with Gasteiger partial charge in [-0.05, 0) is 45.6 Å². The highest BCUT2D eigenvalue weighted by molar-refractivity contribution is 5.97. The van der Waals surface area contributed by atoms with Crippen LogP contribution in [-0.4, -0.2) is 18.2 Å². The fourth-order valence-electron chi connectivity index (χ4n) is 2.76. The summed E-state index contributed by atoms with van der Waals surface area (Å²) in [4.78, 5) is 4.72. The highest BCUT2D eigenvalue weighted by Gasteiger charge is 2.36. The topological polar surface area (TPSA) is 12.4 Å². The molecule has 0 radical (unpaired) electrons. The van der Waals surface area contributed by atoms with Crippen molar-refractivity contribution in [2.75, 3.05) is 6.54 Å². The van der Waals surface area contributed by atoms with Gasteiger partial charge in [-0.1, -0.05) is 31.1 Å². The third-order valence-electron chi connectivity index (χ3n) is 3.70. The maximum absolute atomic E-state index is 13.3. The van der Waals surface area contributed by atoms with E-state index in [1.165, 1.54) is 11.1 Å². The monoisotopic (exact) mass is 297 g/mol. The fraction of sp³-hybridized carbons (Fsp3) is 0.722. The van der Waals surface area contributed by atoms with Crippen molar-refractivity contribution in [1.82, 2.24) is 0 Å². The molecule has 0 aliphatic heterocycles. The van der Waals surface area contributed by atoms with Crippen molar-refractivity contribution < 1.29 is 8.78 Å². The van der Waals surface area contributed by atoms with E-state index in [0.29, 0.717) is 25.3 Å². The second-order valence-corrected chi connectivity index (χ2v) is 6.85. The Labute approximate surface area is 128 Å². The van der Waals surface area contributed by atoms with E-state index in [2.05, 4.69) is 32.9 Å². The first-order chi connectivity index (χ1) is 9.69. The van der Waals surface area contributed by atoms with Crippen molar-refractivity contribution in [3.63, 3.8) is 0 Å². The molecule has 1 rings (SSSR count). The van der Waals surface area contributed by atoms with Crippen molar-refractivity contribution in [3.05, 3.63) is 23.3 Å². The number of allylic oxidation sites excluding steroid dienone is 3. The molecule has 0 aromatic rings. The molecule has 1 fully saturated rings. The van der Waals surface area contributed by atoms with Crippen molar-refractivity contribution >= 4 is 5.71 Å². The number of hydrogen-bond acceptors (Lipinski definition) is 1. The molecule has 120 valence electrons. The van der Waals surface area contributed by atoms with Gasteiger partial charge in [0.2, 0.25) is 5.92 Å². The standard InChI is InChI=1S/C18H29F2N/c1-13(2)10-15(5)12-21-17(11-14(3)4)16-6-8-18(19,20)9-7-16/h10-11,13,16H,6-9,12H2,1-5H3/b15-10-,21-17+. The minimum atomic E-state index is -2.47. The van der Waals surface area contributed by atoms with Crippen LogP contribution in [0.15, 0.2) is 28.3 Å². The summed E-state index contributed by atoms with van der Waals surface area (Å²) >= 11 is 0. The fourth-order valence-corrected chi connectivity index (χ4v) is 2.76. The second kappa shape index (κ2) is 7.86. The Morgan fingerprint density at radius 2 is 1.76 bits per heavy atom. The van der Waals surface area contributed by atoms with E-state index in [0.717, 1.165) is 5.71 Å². The predicted molar refractivity (Wildman–Crippen MR) is 87.2 cm³/mol. The first kappa shape index (κ1) is 18.1. The highest BCUT2D eigenvalue weighted by Crippen LogP contribution is 2.37. The lowest BCUT2D eigenvalue weighted by atomic mass is 9.83. The lowest BCUT2D eigenvalue weighted by Crippen LogP contribution is -2.28. The average Bonchev–Trinajstić information content (AvgIpc) is 2.33. The molecule has 0 N–H and O–H groups in total. The number of halogens is 2. The lowest BCUT2D eigenvalue weighted by Gasteiger charge is -2.28. The van der Waals surface area contributed by atoms with Crippen LogP contribution < -0.4 is 0 Å². The molecular weight excluding hydrogens is 268 g/mol. The van der Waals surface area contributed by atoms with E-state index in [1.54, 1.807) is 0 Å². The molecule has 0 aromatic heterocycles. The molecule has 0 heterocycles. The second-order valence-electron chi connectivity index (χ2n) is 6.85. The van der Waals surface area contributed by atoms with Gasteiger partial charge in [-0.25, -0.2) is 8.78 Å². The maximum atomic E-state index is 13.3. The number of hydrogen-bond donors (Lipinski definition) is 0. The predicted octanol–water partition coefficient (Wildman–Crippen LogP) is 5.82. The summed E-state index contributed by atoms with van der Waals surface area (Å²) in [6, 6.07) is 0. The third-order valence-corrected chi connectivity index (χ3v) is 3.70. The van der Waals surface area contributed by atoms with Crippen LogP contribution in [0.5, 0.6) is 0 Å². The average molecular weight is 297 g/mol. The molecule has 0 saturated heterocycles. The molecule has 0 atom stereocenters. The van der Waals surface area contributed by atoms with Gasteiger partial charge in [0.25, 0.3) is 0 Å². The SMILES string of the molecule is CC(C)=C/C(=N\C/C(C)=C\C(C)C)C1CCC(F)(F)CC1. The molecule has 0 amide bonds. The first-order valence-electron chi connectivity index (χ1n) is 7.94. The summed E-state index contributed by atoms with van der Waals surface area (Å²) in [5.74, 6) is -1.77. The van der Waals surface area contributed by atoms with Crippen molar-refractivity contribution in [1.29, 1.82) is 0 Å². The molecule has 1 aliphatic carbocycles. The van der Waals surface area contributed by atoms with Gasteiger partial charge < -0.3 is 0 Å². The zero-order valence-electron chi connectivity index (χ0n) is 14.0. The summed E-state index contributed by atoms with van der Waals surface area (Å²) in [6.07, 6.45) is 5.35. The van der Waals surface area contributed by atoms with Crippen LogP contribution in [0.3, 0.4) is 0 Å². The van der Waals surface area contributed by atoms with E-state index >= 15 is 0 Å². The summed E-state index contributed by atoms with van der Waals surface area (Å²) in [5, 5.41) is 0. The number of aliphatic imine (C=N–C) groups is 1. The van der Waals surface area contributed by atoms with Crippen LogP contribution in [-0.2, 0) is 0 Å². The van der Waals surface area contributed by atoms with Crippen molar-refractivity contribution in [2.45, 2.75) is 66.2 Å². The van der Waals surface area contributed by atoms with Crippen LogP contribution >= 0.6 is 0 Å². The maximum Gasteiger partial charge on any atom is 0.248 e. The molecule has 0 unspecified atom stereocenters. The Bertz CT molecular complexity index is 416. The lowest BCUT2D eigenvalue weighted by molar-refractivity contribution is -0.0393. The summed E-state index contributed by atoms with van der Waals surface area (Å²) in [6.45, 7) is 11.1. The van der Waals surface area contributed by atoms with Gasteiger partial charge in [0.1, 0.15) is 0 Å². The minimum absolute atomic E-state index is 0.00585. The quantitative estimate of drug-likeness (QED) is 0.448. The van der Waals surface area contributed by atoms with Gasteiger partial charge in [0, 0.05) is 24.5 Å². The van der Waals surface area contributed by atoms with E-state index < -0.39 is 5.92 Å². The Morgan fingerprint density at radius 1 is 1.19 bits per heavy atom. The molecular formula is C18H29F2N. The molecule has 0 bridgehead atoms. The van der Waals surface area contributed by atoms with Gasteiger partial charge >= 0.3 is 0 Å². The molecule has 1 saturated carbocycles. The summed E-state index contributed by atoms with van der Waals surface area (Å²) in [7, 11) is 0. The van der Waals surface area contributed by atoms with Crippen molar-refractivity contribution in [3.8, 4) is 0 Å². The van der Waals surface area contributed by atoms with Crippen LogP contribution in [0.4, 0.5) is 8.78 Å². The Kier molecular flexibility index (Phi) is 6.76. The van der Waals surface area contributed by atoms with Gasteiger partial charge in [-0.3, -0.25) is 4.99 Å². The molecule has 0 spiro atoms. The molecule has 3 heteroatoms. The van der Waals surface area contributed by atoms with Gasteiger partial charge in [-0.15, -0.1) is 0 Å². The van der Waals surface area contributed by atoms with Crippen LogP contribution in [0.1, 0.15) is 60.3 Å². The first-order valence-corrected chi connectivity index (χ1v) is 7.94. The largest absolute Gasteiger partial charge is 0.285 e. The highest BCUT2D eigenvalue weighted by atomic mass is 19.3. The van der Waals surface area contributed by atoms with Crippen LogP contribution in [0.2, 0.25) is 0 Å². The molecule has 21 heavy (non-hydrogen) atoms. The molecule has 1 nitrogen and oxygen atoms in total. The van der Waals surface area contributed by atoms with Gasteiger partial charge in [0.05, 0.1) is 6.54 Å². The number of alkyl halides is 2. The summed E-state index contributed by atoms with van der Waals surface area (Å²) in [5.41, 5.74) is 3.42. The summed E-state index contributed by atoms with van der Waals surface area (Å²) < 4.78 is 26.6. The van der Waals surface area contributed by atoms with E-state index in [1.807, 2.05) is 13.8 Å². The zero-order valence-corrected chi connectivity index (χ0v) is 14.0. The van der Waals surface area contributed by atoms with Crippen LogP contribution in [0, 0.1) is 11.8 Å². The van der Waals surface area contributed by atoms with E-state index in [-0.39, 0.29) is 18.8 Å².